The molecule has 1 fully saturated rings. The fourth-order valence-electron chi connectivity index (χ4n) is 1.75. The van der Waals surface area contributed by atoms with Crippen LogP contribution in [0.5, 0.6) is 0 Å². The molecule has 1 saturated carbocycles. The molecule has 3 nitrogen and oxygen atoms in total. The Hall–Kier alpha value is -0.530. The number of rotatable bonds is 5. The molecule has 18 heavy (non-hydrogen) atoms. The fraction of sp³-hybridized carbons (Fsp3) is 0.455. The number of alkyl halides is 1. The molecule has 0 amide bonds. The van der Waals surface area contributed by atoms with Crippen molar-refractivity contribution in [2.45, 2.75) is 23.8 Å². The van der Waals surface area contributed by atoms with Gasteiger partial charge in [-0.25, -0.2) is 17.2 Å². The van der Waals surface area contributed by atoms with Gasteiger partial charge in [-0.15, -0.1) is 0 Å². The molecule has 1 aliphatic carbocycles. The van der Waals surface area contributed by atoms with E-state index in [1.807, 2.05) is 0 Å². The lowest BCUT2D eigenvalue weighted by molar-refractivity contribution is 0.419. The normalized spacial score (nSPS) is 16.2. The molecule has 0 heterocycles. The summed E-state index contributed by atoms with van der Waals surface area (Å²) in [6, 6.07) is 2.38. The Morgan fingerprint density at radius 1 is 1.33 bits per heavy atom. The summed E-state index contributed by atoms with van der Waals surface area (Å²) in [7, 11) is -3.96. The first kappa shape index (κ1) is 13.9. The maximum Gasteiger partial charge on any atom is 0.246 e. The third-order valence-corrected chi connectivity index (χ3v) is 5.06. The van der Waals surface area contributed by atoms with Gasteiger partial charge < -0.3 is 0 Å². The van der Waals surface area contributed by atoms with Crippen LogP contribution in [0.2, 0.25) is 0 Å². The van der Waals surface area contributed by atoms with Crippen LogP contribution in [-0.4, -0.2) is 30.6 Å². The van der Waals surface area contributed by atoms with Crippen LogP contribution in [0.4, 0.5) is 8.78 Å². The monoisotopic (exact) mass is 339 g/mol. The Morgan fingerprint density at radius 3 is 2.56 bits per heavy atom. The van der Waals surface area contributed by atoms with E-state index >= 15 is 0 Å². The van der Waals surface area contributed by atoms with Crippen LogP contribution < -0.4 is 0 Å². The molecule has 1 aromatic rings. The number of nitrogens with zero attached hydrogens (tertiary/aromatic N) is 1. The minimum atomic E-state index is -3.96. The number of sulfonamides is 1. The number of hydrogen-bond acceptors (Lipinski definition) is 2. The van der Waals surface area contributed by atoms with Gasteiger partial charge in [0.15, 0.2) is 0 Å². The van der Waals surface area contributed by atoms with Crippen molar-refractivity contribution in [3.63, 3.8) is 0 Å². The van der Waals surface area contributed by atoms with E-state index in [-0.39, 0.29) is 12.6 Å². The Kier molecular flexibility index (Phi) is 4.03. The highest BCUT2D eigenvalue weighted by molar-refractivity contribution is 9.09. The zero-order valence-corrected chi connectivity index (χ0v) is 11.8. The predicted octanol–water partition coefficient (Wildman–Crippen LogP) is 2.51. The topological polar surface area (TPSA) is 37.4 Å². The minimum absolute atomic E-state index is 0.0878. The molecule has 2 rings (SSSR count). The quantitative estimate of drug-likeness (QED) is 0.773. The van der Waals surface area contributed by atoms with E-state index in [4.69, 9.17) is 0 Å². The molecule has 100 valence electrons. The van der Waals surface area contributed by atoms with Gasteiger partial charge in [0.1, 0.15) is 16.5 Å². The van der Waals surface area contributed by atoms with Crippen LogP contribution >= 0.6 is 15.9 Å². The van der Waals surface area contributed by atoms with Crippen LogP contribution in [0.1, 0.15) is 12.8 Å². The van der Waals surface area contributed by atoms with Crippen LogP contribution in [-0.2, 0) is 10.0 Å². The van der Waals surface area contributed by atoms with E-state index in [1.165, 1.54) is 4.31 Å². The van der Waals surface area contributed by atoms with Crippen molar-refractivity contribution in [2.24, 2.45) is 0 Å². The number of benzene rings is 1. The molecule has 0 saturated heterocycles. The second kappa shape index (κ2) is 5.22. The second-order valence-electron chi connectivity index (χ2n) is 4.11. The molecule has 1 aliphatic rings. The van der Waals surface area contributed by atoms with Crippen LogP contribution in [0.15, 0.2) is 23.1 Å². The minimum Gasteiger partial charge on any atom is -0.207 e. The van der Waals surface area contributed by atoms with Gasteiger partial charge in [-0.05, 0) is 31.0 Å². The Morgan fingerprint density at radius 2 is 2.00 bits per heavy atom. The maximum atomic E-state index is 13.6. The highest BCUT2D eigenvalue weighted by Crippen LogP contribution is 2.32. The van der Waals surface area contributed by atoms with Crippen LogP contribution in [0.3, 0.4) is 0 Å². The lowest BCUT2D eigenvalue weighted by atomic mass is 10.3. The second-order valence-corrected chi connectivity index (χ2v) is 6.76. The third kappa shape index (κ3) is 2.73. The van der Waals surface area contributed by atoms with E-state index in [0.29, 0.717) is 5.33 Å². The van der Waals surface area contributed by atoms with Gasteiger partial charge in [0.05, 0.1) is 0 Å². The van der Waals surface area contributed by atoms with Gasteiger partial charge >= 0.3 is 0 Å². The third-order valence-electron chi connectivity index (χ3n) is 2.74. The summed E-state index contributed by atoms with van der Waals surface area (Å²) >= 11 is 3.17. The first-order valence-corrected chi connectivity index (χ1v) is 8.06. The highest BCUT2D eigenvalue weighted by atomic mass is 79.9. The molecule has 0 atom stereocenters. The zero-order valence-electron chi connectivity index (χ0n) is 9.44. The Balaban J connectivity index is 2.42. The molecule has 0 N–H and O–H groups in total. The SMILES string of the molecule is O=S(=O)(c1cc(F)ccc1F)N(CCBr)C1CC1. The van der Waals surface area contributed by atoms with Gasteiger partial charge in [-0.1, -0.05) is 15.9 Å². The smallest absolute Gasteiger partial charge is 0.207 e. The van der Waals surface area contributed by atoms with Crippen molar-refractivity contribution in [1.29, 1.82) is 0 Å². The summed E-state index contributed by atoms with van der Waals surface area (Å²) in [5, 5.41) is 0.458. The molecule has 7 heteroatoms. The lowest BCUT2D eigenvalue weighted by Crippen LogP contribution is -2.35. The summed E-state index contributed by atoms with van der Waals surface area (Å²) in [6.45, 7) is 0.253. The largest absolute Gasteiger partial charge is 0.246 e. The van der Waals surface area contributed by atoms with Crippen molar-refractivity contribution in [2.75, 3.05) is 11.9 Å². The van der Waals surface area contributed by atoms with Gasteiger partial charge in [-0.3, -0.25) is 0 Å². The molecular formula is C11H12BrF2NO2S. The zero-order chi connectivity index (χ0) is 13.3. The van der Waals surface area contributed by atoms with Crippen LogP contribution in [0, 0.1) is 11.6 Å². The molecule has 0 radical (unpaired) electrons. The summed E-state index contributed by atoms with van der Waals surface area (Å²) in [5.41, 5.74) is 0. The lowest BCUT2D eigenvalue weighted by Gasteiger charge is -2.21. The van der Waals surface area contributed by atoms with Crippen molar-refractivity contribution < 1.29 is 17.2 Å². The first-order valence-electron chi connectivity index (χ1n) is 5.49. The van der Waals surface area contributed by atoms with Crippen molar-refractivity contribution in [1.82, 2.24) is 4.31 Å². The summed E-state index contributed by atoms with van der Waals surface area (Å²) < 4.78 is 52.4. The van der Waals surface area contributed by atoms with Crippen molar-refractivity contribution in [3.05, 3.63) is 29.8 Å². The van der Waals surface area contributed by atoms with E-state index in [0.717, 1.165) is 31.0 Å². The molecule has 1 aromatic carbocycles. The van der Waals surface area contributed by atoms with Gasteiger partial charge in [0.25, 0.3) is 0 Å². The molecule has 0 bridgehead atoms. The van der Waals surface area contributed by atoms with E-state index in [2.05, 4.69) is 15.9 Å². The summed E-state index contributed by atoms with van der Waals surface area (Å²) in [4.78, 5) is -0.588. The average Bonchev–Trinajstić information content (AvgIpc) is 3.13. The highest BCUT2D eigenvalue weighted by Gasteiger charge is 2.38. The molecule has 0 spiro atoms. The Labute approximate surface area is 113 Å². The van der Waals surface area contributed by atoms with E-state index < -0.39 is 26.6 Å². The van der Waals surface area contributed by atoms with E-state index in [1.54, 1.807) is 0 Å². The van der Waals surface area contributed by atoms with Crippen molar-refractivity contribution in [3.8, 4) is 0 Å². The van der Waals surface area contributed by atoms with Gasteiger partial charge in [-0.2, -0.15) is 4.31 Å². The van der Waals surface area contributed by atoms with Crippen molar-refractivity contribution >= 4 is 26.0 Å². The average molecular weight is 340 g/mol. The van der Waals surface area contributed by atoms with Crippen LogP contribution in [0.25, 0.3) is 0 Å². The summed E-state index contributed by atoms with van der Waals surface area (Å²) in [6.07, 6.45) is 1.53. The molecule has 0 unspecified atom stereocenters. The maximum absolute atomic E-state index is 13.6. The number of hydrogen-bond donors (Lipinski definition) is 0. The standard InChI is InChI=1S/C11H12BrF2NO2S/c12-5-6-15(9-2-3-9)18(16,17)11-7-8(13)1-4-10(11)14/h1,4,7,9H,2-3,5-6H2. The summed E-state index contributed by atoms with van der Waals surface area (Å²) in [5.74, 6) is -1.68. The first-order chi connectivity index (χ1) is 8.46. The molecule has 0 aliphatic heterocycles. The van der Waals surface area contributed by atoms with Gasteiger partial charge in [0, 0.05) is 17.9 Å². The fourth-order valence-corrected chi connectivity index (χ4v) is 4.13. The van der Waals surface area contributed by atoms with Gasteiger partial charge in [0.2, 0.25) is 10.0 Å². The Bertz CT molecular complexity index is 546. The van der Waals surface area contributed by atoms with E-state index in [9.17, 15) is 17.2 Å². The predicted molar refractivity (Wildman–Crippen MR) is 67.1 cm³/mol. The molecular weight excluding hydrogens is 328 g/mol. The molecule has 0 aromatic heterocycles. The number of halogens is 3.